The SMILES string of the molecule is Cc1nn(C)c(C)c1S(=O)(=O)NCCCn1cc(Br)cn1. The first-order chi connectivity index (χ1) is 9.81. The zero-order valence-electron chi connectivity index (χ0n) is 12.2. The number of hydrogen-bond donors (Lipinski definition) is 1. The van der Waals surface area contributed by atoms with Gasteiger partial charge >= 0.3 is 0 Å². The Kier molecular flexibility index (Phi) is 4.84. The Balaban J connectivity index is 1.95. The Morgan fingerprint density at radius 1 is 1.38 bits per heavy atom. The van der Waals surface area contributed by atoms with Gasteiger partial charge in [0.2, 0.25) is 10.0 Å². The highest BCUT2D eigenvalue weighted by Crippen LogP contribution is 2.18. The molecule has 2 rings (SSSR count). The van der Waals surface area contributed by atoms with Crippen LogP contribution in [0.25, 0.3) is 0 Å². The second-order valence-corrected chi connectivity index (χ2v) is 7.42. The Bertz CT molecular complexity index is 735. The molecule has 21 heavy (non-hydrogen) atoms. The number of nitrogens with zero attached hydrogens (tertiary/aromatic N) is 4. The van der Waals surface area contributed by atoms with Crippen LogP contribution in [0.2, 0.25) is 0 Å². The molecule has 0 unspecified atom stereocenters. The molecule has 2 aromatic heterocycles. The molecule has 116 valence electrons. The number of hydrogen-bond acceptors (Lipinski definition) is 4. The van der Waals surface area contributed by atoms with E-state index in [2.05, 4.69) is 30.8 Å². The minimum absolute atomic E-state index is 0.270. The Hall–Kier alpha value is -1.19. The highest BCUT2D eigenvalue weighted by molar-refractivity contribution is 9.10. The van der Waals surface area contributed by atoms with E-state index in [9.17, 15) is 8.42 Å². The Labute approximate surface area is 132 Å². The first-order valence-corrected chi connectivity index (χ1v) is 8.76. The van der Waals surface area contributed by atoms with Gasteiger partial charge in [-0.25, -0.2) is 13.1 Å². The standard InChI is InChI=1S/C12H18BrN5O2S/c1-9-12(10(2)17(3)16-9)21(19,20)15-5-4-6-18-8-11(13)7-14-18/h7-8,15H,4-6H2,1-3H3. The first-order valence-electron chi connectivity index (χ1n) is 6.49. The predicted octanol–water partition coefficient (Wildman–Crippen LogP) is 1.36. The second-order valence-electron chi connectivity index (χ2n) is 4.80. The van der Waals surface area contributed by atoms with Gasteiger partial charge < -0.3 is 0 Å². The summed E-state index contributed by atoms with van der Waals surface area (Å²) in [5.74, 6) is 0. The van der Waals surface area contributed by atoms with E-state index in [0.717, 1.165) is 4.47 Å². The van der Waals surface area contributed by atoms with Crippen LogP contribution in [0.1, 0.15) is 17.8 Å². The van der Waals surface area contributed by atoms with Crippen molar-refractivity contribution >= 4 is 26.0 Å². The zero-order valence-corrected chi connectivity index (χ0v) is 14.6. The topological polar surface area (TPSA) is 81.8 Å². The molecule has 0 fully saturated rings. The molecule has 0 radical (unpaired) electrons. The van der Waals surface area contributed by atoms with Crippen molar-refractivity contribution in [2.24, 2.45) is 7.05 Å². The molecule has 2 heterocycles. The Morgan fingerprint density at radius 3 is 2.62 bits per heavy atom. The maximum atomic E-state index is 12.3. The summed E-state index contributed by atoms with van der Waals surface area (Å²) >= 11 is 3.32. The molecule has 7 nitrogen and oxygen atoms in total. The van der Waals surface area contributed by atoms with Crippen molar-refractivity contribution in [3.05, 3.63) is 28.3 Å². The molecule has 0 aliphatic heterocycles. The van der Waals surface area contributed by atoms with Crippen LogP contribution in [0.4, 0.5) is 0 Å². The third kappa shape index (κ3) is 3.72. The van der Waals surface area contributed by atoms with E-state index in [1.807, 2.05) is 6.20 Å². The maximum absolute atomic E-state index is 12.3. The average molecular weight is 376 g/mol. The summed E-state index contributed by atoms with van der Waals surface area (Å²) < 4.78 is 31.5. The fourth-order valence-corrected chi connectivity index (χ4v) is 3.96. The van der Waals surface area contributed by atoms with Crippen LogP contribution in [0, 0.1) is 13.8 Å². The molecule has 0 bridgehead atoms. The molecule has 0 aliphatic rings. The van der Waals surface area contributed by atoms with Crippen LogP contribution < -0.4 is 4.72 Å². The molecule has 0 amide bonds. The number of nitrogens with one attached hydrogen (secondary N) is 1. The minimum Gasteiger partial charge on any atom is -0.272 e. The molecule has 0 saturated carbocycles. The van der Waals surface area contributed by atoms with Crippen molar-refractivity contribution in [3.8, 4) is 0 Å². The van der Waals surface area contributed by atoms with E-state index < -0.39 is 10.0 Å². The molecular weight excluding hydrogens is 358 g/mol. The largest absolute Gasteiger partial charge is 0.272 e. The normalized spacial score (nSPS) is 12.0. The highest BCUT2D eigenvalue weighted by Gasteiger charge is 2.23. The molecule has 0 aliphatic carbocycles. The molecule has 0 saturated heterocycles. The van der Waals surface area contributed by atoms with Gasteiger partial charge in [-0.1, -0.05) is 0 Å². The van der Waals surface area contributed by atoms with E-state index in [1.165, 1.54) is 0 Å². The monoisotopic (exact) mass is 375 g/mol. The van der Waals surface area contributed by atoms with Crippen LogP contribution in [0.15, 0.2) is 21.8 Å². The average Bonchev–Trinajstić information content (AvgIpc) is 2.90. The quantitative estimate of drug-likeness (QED) is 0.772. The van der Waals surface area contributed by atoms with Crippen molar-refractivity contribution < 1.29 is 8.42 Å². The number of rotatable bonds is 6. The van der Waals surface area contributed by atoms with Gasteiger partial charge in [-0.2, -0.15) is 10.2 Å². The van der Waals surface area contributed by atoms with Crippen molar-refractivity contribution in [1.82, 2.24) is 24.3 Å². The lowest BCUT2D eigenvalue weighted by atomic mass is 10.4. The molecule has 1 N–H and O–H groups in total. The van der Waals surface area contributed by atoms with E-state index in [1.54, 1.807) is 36.5 Å². The third-order valence-electron chi connectivity index (χ3n) is 3.17. The van der Waals surface area contributed by atoms with Crippen LogP contribution in [-0.4, -0.2) is 34.5 Å². The van der Waals surface area contributed by atoms with E-state index in [4.69, 9.17) is 0 Å². The second kappa shape index (κ2) is 6.29. The molecule has 9 heteroatoms. The van der Waals surface area contributed by atoms with Gasteiger partial charge in [-0.3, -0.25) is 9.36 Å². The van der Waals surface area contributed by atoms with Crippen LogP contribution in [0.3, 0.4) is 0 Å². The molecular formula is C12H18BrN5O2S. The molecule has 2 aromatic rings. The van der Waals surface area contributed by atoms with Crippen molar-refractivity contribution in [1.29, 1.82) is 0 Å². The van der Waals surface area contributed by atoms with Crippen LogP contribution in [-0.2, 0) is 23.6 Å². The van der Waals surface area contributed by atoms with Gasteiger partial charge in [0.15, 0.2) is 0 Å². The highest BCUT2D eigenvalue weighted by atomic mass is 79.9. The zero-order chi connectivity index (χ0) is 15.6. The van der Waals surface area contributed by atoms with E-state index >= 15 is 0 Å². The van der Waals surface area contributed by atoms with Crippen molar-refractivity contribution in [3.63, 3.8) is 0 Å². The summed E-state index contributed by atoms with van der Waals surface area (Å²) in [5, 5.41) is 8.25. The number of aryl methyl sites for hydroxylation is 3. The van der Waals surface area contributed by atoms with Gasteiger partial charge in [-0.05, 0) is 36.2 Å². The lowest BCUT2D eigenvalue weighted by Gasteiger charge is -2.07. The minimum atomic E-state index is -3.52. The summed E-state index contributed by atoms with van der Waals surface area (Å²) in [7, 11) is -1.79. The fraction of sp³-hybridized carbons (Fsp3) is 0.500. The van der Waals surface area contributed by atoms with Gasteiger partial charge in [-0.15, -0.1) is 0 Å². The number of sulfonamides is 1. The van der Waals surface area contributed by atoms with Crippen molar-refractivity contribution in [2.45, 2.75) is 31.7 Å². The lowest BCUT2D eigenvalue weighted by Crippen LogP contribution is -2.26. The summed E-state index contributed by atoms with van der Waals surface area (Å²) in [5.41, 5.74) is 1.15. The van der Waals surface area contributed by atoms with Crippen LogP contribution >= 0.6 is 15.9 Å². The summed E-state index contributed by atoms with van der Waals surface area (Å²) in [6.45, 7) is 4.45. The van der Waals surface area contributed by atoms with Gasteiger partial charge in [0, 0.05) is 26.3 Å². The summed E-state index contributed by atoms with van der Waals surface area (Å²) in [4.78, 5) is 0.270. The van der Waals surface area contributed by atoms with E-state index in [-0.39, 0.29) is 4.90 Å². The number of aromatic nitrogens is 4. The molecule has 0 atom stereocenters. The fourth-order valence-electron chi connectivity index (χ4n) is 2.12. The van der Waals surface area contributed by atoms with Crippen LogP contribution in [0.5, 0.6) is 0 Å². The lowest BCUT2D eigenvalue weighted by molar-refractivity contribution is 0.552. The summed E-state index contributed by atoms with van der Waals surface area (Å²) in [6, 6.07) is 0. The smallest absolute Gasteiger partial charge is 0.244 e. The van der Waals surface area contributed by atoms with E-state index in [0.29, 0.717) is 30.9 Å². The number of halogens is 1. The van der Waals surface area contributed by atoms with Crippen molar-refractivity contribution in [2.75, 3.05) is 6.54 Å². The maximum Gasteiger partial charge on any atom is 0.244 e. The van der Waals surface area contributed by atoms with Gasteiger partial charge in [0.25, 0.3) is 0 Å². The molecule has 0 spiro atoms. The third-order valence-corrected chi connectivity index (χ3v) is 5.29. The summed E-state index contributed by atoms with van der Waals surface area (Å²) in [6.07, 6.45) is 4.21. The molecule has 0 aromatic carbocycles. The first kappa shape index (κ1) is 16.2. The van der Waals surface area contributed by atoms with Gasteiger partial charge in [0.1, 0.15) is 4.90 Å². The van der Waals surface area contributed by atoms with Gasteiger partial charge in [0.05, 0.1) is 22.1 Å². The Morgan fingerprint density at radius 2 is 2.10 bits per heavy atom. The predicted molar refractivity (Wildman–Crippen MR) is 82.4 cm³/mol.